The van der Waals surface area contributed by atoms with E-state index in [1.807, 2.05) is 22.6 Å². The van der Waals surface area contributed by atoms with Gasteiger partial charge in [0.15, 0.2) is 5.16 Å². The van der Waals surface area contributed by atoms with Gasteiger partial charge in [0.2, 0.25) is 11.7 Å². The maximum atomic E-state index is 14.1. The second-order valence-corrected chi connectivity index (χ2v) is 13.1. The molecule has 41 heavy (non-hydrogen) atoms. The number of benzene rings is 2. The van der Waals surface area contributed by atoms with E-state index < -0.39 is 0 Å². The van der Waals surface area contributed by atoms with Gasteiger partial charge in [0, 0.05) is 22.9 Å². The number of rotatable bonds is 8. The van der Waals surface area contributed by atoms with E-state index in [0.717, 1.165) is 20.8 Å². The van der Waals surface area contributed by atoms with Crippen LogP contribution in [0.4, 0.5) is 5.69 Å². The predicted octanol–water partition coefficient (Wildman–Crippen LogP) is 6.48. The minimum absolute atomic E-state index is 0.0475. The smallest absolute Gasteiger partial charge is 0.263 e. The fraction of sp³-hybridized carbons (Fsp3) is 0.310. The van der Waals surface area contributed by atoms with Crippen molar-refractivity contribution < 1.29 is 9.53 Å². The van der Waals surface area contributed by atoms with Gasteiger partial charge in [-0.2, -0.15) is 0 Å². The lowest BCUT2D eigenvalue weighted by molar-refractivity contribution is -0.113. The summed E-state index contributed by atoms with van der Waals surface area (Å²) in [4.78, 5) is 28.7. The van der Waals surface area contributed by atoms with Gasteiger partial charge in [0.05, 0.1) is 34.6 Å². The van der Waals surface area contributed by atoms with Crippen LogP contribution in [0.5, 0.6) is 0 Å². The zero-order valence-corrected chi connectivity index (χ0v) is 25.5. The maximum Gasteiger partial charge on any atom is 0.263 e. The van der Waals surface area contributed by atoms with Crippen LogP contribution < -0.4 is 10.9 Å². The first-order valence-corrected chi connectivity index (χ1v) is 15.8. The van der Waals surface area contributed by atoms with E-state index in [2.05, 4.69) is 41.5 Å². The van der Waals surface area contributed by atoms with Gasteiger partial charge in [-0.25, -0.2) is 4.40 Å². The highest BCUT2D eigenvalue weighted by atomic mass is 35.5. The fourth-order valence-electron chi connectivity index (χ4n) is 5.01. The van der Waals surface area contributed by atoms with Crippen LogP contribution in [-0.4, -0.2) is 36.9 Å². The van der Waals surface area contributed by atoms with Gasteiger partial charge in [0.25, 0.3) is 5.56 Å². The van der Waals surface area contributed by atoms with Crippen molar-refractivity contribution in [3.8, 4) is 0 Å². The molecular formula is C29H27Cl2N5O3S2. The van der Waals surface area contributed by atoms with E-state index in [9.17, 15) is 9.59 Å². The van der Waals surface area contributed by atoms with E-state index >= 15 is 0 Å². The van der Waals surface area contributed by atoms with E-state index in [1.54, 1.807) is 34.1 Å². The van der Waals surface area contributed by atoms with Gasteiger partial charge in [-0.3, -0.25) is 14.2 Å². The normalized spacial score (nSPS) is 15.1. The van der Waals surface area contributed by atoms with Gasteiger partial charge in [-0.05, 0) is 41.7 Å². The van der Waals surface area contributed by atoms with Crippen molar-refractivity contribution in [2.75, 3.05) is 11.1 Å². The van der Waals surface area contributed by atoms with Crippen LogP contribution >= 0.6 is 46.3 Å². The Morgan fingerprint density at radius 2 is 2.00 bits per heavy atom. The first kappa shape index (κ1) is 28.2. The lowest BCUT2D eigenvalue weighted by atomic mass is 9.96. The molecule has 1 N–H and O–H groups in total. The van der Waals surface area contributed by atoms with Gasteiger partial charge in [-0.15, -0.1) is 21.5 Å². The predicted molar refractivity (Wildman–Crippen MR) is 166 cm³/mol. The van der Waals surface area contributed by atoms with Crippen LogP contribution in [0.2, 0.25) is 10.0 Å². The Morgan fingerprint density at radius 1 is 1.20 bits per heavy atom. The highest BCUT2D eigenvalue weighted by Crippen LogP contribution is 2.37. The van der Waals surface area contributed by atoms with Crippen molar-refractivity contribution >= 4 is 73.9 Å². The summed E-state index contributed by atoms with van der Waals surface area (Å²) in [6.45, 7) is 5.20. The number of anilines is 1. The number of nitrogens with zero attached hydrogens (tertiary/aromatic N) is 4. The Morgan fingerprint density at radius 3 is 2.76 bits per heavy atom. The third kappa shape index (κ3) is 5.63. The number of carbonyl (C=O) groups excluding carboxylic acids is 1. The summed E-state index contributed by atoms with van der Waals surface area (Å²) in [5.74, 6) is 0.620. The summed E-state index contributed by atoms with van der Waals surface area (Å²) in [5.41, 5.74) is 2.60. The molecule has 0 saturated heterocycles. The second kappa shape index (κ2) is 11.8. The van der Waals surface area contributed by atoms with E-state index in [0.29, 0.717) is 64.0 Å². The van der Waals surface area contributed by atoms with Gasteiger partial charge < -0.3 is 10.1 Å². The largest absolute Gasteiger partial charge is 0.372 e. The lowest BCUT2D eigenvalue weighted by Gasteiger charge is -2.26. The number of hydrogen-bond donors (Lipinski definition) is 1. The molecule has 1 aliphatic heterocycles. The summed E-state index contributed by atoms with van der Waals surface area (Å²) in [5, 5.41) is 13.8. The molecule has 4 heterocycles. The minimum Gasteiger partial charge on any atom is -0.372 e. The Kier molecular flexibility index (Phi) is 8.11. The van der Waals surface area contributed by atoms with Crippen LogP contribution in [0.25, 0.3) is 16.0 Å². The highest BCUT2D eigenvalue weighted by molar-refractivity contribution is 7.99. The summed E-state index contributed by atoms with van der Waals surface area (Å²) in [6, 6.07) is 15.0. The van der Waals surface area contributed by atoms with E-state index in [4.69, 9.17) is 27.9 Å². The van der Waals surface area contributed by atoms with Crippen molar-refractivity contribution in [1.29, 1.82) is 0 Å². The van der Waals surface area contributed by atoms with Crippen molar-refractivity contribution in [3.63, 3.8) is 0 Å². The summed E-state index contributed by atoms with van der Waals surface area (Å²) < 4.78 is 9.77. The second-order valence-electron chi connectivity index (χ2n) is 10.3. The van der Waals surface area contributed by atoms with Crippen LogP contribution in [0, 0.1) is 5.92 Å². The Balaban J connectivity index is 1.38. The highest BCUT2D eigenvalue weighted by Gasteiger charge is 2.30. The molecule has 3 aromatic heterocycles. The van der Waals surface area contributed by atoms with E-state index in [-0.39, 0.29) is 23.3 Å². The van der Waals surface area contributed by atoms with Crippen molar-refractivity contribution in [2.45, 2.75) is 51.1 Å². The SMILES string of the molecule is CC(C)[C@H]1Cc2c(sc3c2c(=O)n(CCc2ccccc2)c2nnc(SCC(=O)Nc4ccc(Cl)cc4Cl)n32)CO1. The average molecular weight is 629 g/mol. The molecule has 0 unspecified atom stereocenters. The Labute approximate surface area is 254 Å². The molecule has 8 nitrogen and oxygen atoms in total. The molecule has 1 amide bonds. The van der Waals surface area contributed by atoms with Crippen molar-refractivity contribution in [1.82, 2.24) is 19.2 Å². The van der Waals surface area contributed by atoms with Crippen molar-refractivity contribution in [2.24, 2.45) is 5.92 Å². The first-order valence-electron chi connectivity index (χ1n) is 13.3. The molecule has 1 aliphatic rings. The fourth-order valence-corrected chi connectivity index (χ4v) is 7.50. The quantitative estimate of drug-likeness (QED) is 0.198. The number of aryl methyl sites for hydroxylation is 2. The molecule has 1 atom stereocenters. The first-order chi connectivity index (χ1) is 19.8. The van der Waals surface area contributed by atoms with Crippen LogP contribution in [0.1, 0.15) is 29.9 Å². The molecule has 0 radical (unpaired) electrons. The maximum absolute atomic E-state index is 14.1. The van der Waals surface area contributed by atoms with E-state index in [1.165, 1.54) is 11.8 Å². The topological polar surface area (TPSA) is 90.5 Å². The zero-order chi connectivity index (χ0) is 28.7. The van der Waals surface area contributed by atoms with Crippen molar-refractivity contribution in [3.05, 3.63) is 84.9 Å². The average Bonchev–Trinajstić information content (AvgIpc) is 3.55. The minimum atomic E-state index is -0.247. The molecule has 0 saturated carbocycles. The number of halogens is 2. The van der Waals surface area contributed by atoms with Crippen LogP contribution in [0.3, 0.4) is 0 Å². The summed E-state index contributed by atoms with van der Waals surface area (Å²) in [7, 11) is 0. The molecule has 0 aliphatic carbocycles. The third-order valence-electron chi connectivity index (χ3n) is 7.17. The molecule has 0 bridgehead atoms. The van der Waals surface area contributed by atoms with Crippen LogP contribution in [-0.2, 0) is 35.5 Å². The number of ether oxygens (including phenoxy) is 1. The third-order valence-corrected chi connectivity index (χ3v) is 9.84. The number of hydrogen-bond acceptors (Lipinski definition) is 7. The van der Waals surface area contributed by atoms with Gasteiger partial charge >= 0.3 is 0 Å². The Bertz CT molecular complexity index is 1820. The molecule has 2 aromatic carbocycles. The molecule has 5 aromatic rings. The number of aromatic nitrogens is 4. The molecule has 12 heteroatoms. The van der Waals surface area contributed by atoms with Gasteiger partial charge in [0.1, 0.15) is 4.83 Å². The monoisotopic (exact) mass is 627 g/mol. The van der Waals surface area contributed by atoms with Crippen LogP contribution in [0.15, 0.2) is 58.5 Å². The molecular weight excluding hydrogens is 601 g/mol. The standard InChI is InChI=1S/C29H27Cl2N5O3S2/c1-16(2)22-13-19-23(14-39-22)41-27-25(19)26(38)35(11-10-17-6-4-3-5-7-17)28-33-34-29(36(27)28)40-15-24(37)32-21-9-8-18(30)12-20(21)31/h3-9,12,16,22H,10-11,13-15H2,1-2H3,(H,32,37)/t22-/m1/s1. The number of carbonyl (C=O) groups is 1. The molecule has 6 rings (SSSR count). The van der Waals surface area contributed by atoms with Gasteiger partial charge in [-0.1, -0.05) is 79.1 Å². The zero-order valence-electron chi connectivity index (χ0n) is 22.4. The number of thioether (sulfide) groups is 1. The molecule has 212 valence electrons. The number of amides is 1. The molecule has 0 fully saturated rings. The Hall–Kier alpha value is -2.89. The number of thiophene rings is 1. The lowest BCUT2D eigenvalue weighted by Crippen LogP contribution is -2.29. The molecule has 0 spiro atoms. The number of fused-ring (bicyclic) bond motifs is 5. The summed E-state index contributed by atoms with van der Waals surface area (Å²) in [6.07, 6.45) is 1.40. The number of nitrogens with one attached hydrogen (secondary N) is 1. The summed E-state index contributed by atoms with van der Waals surface area (Å²) >= 11 is 15.0.